The summed E-state index contributed by atoms with van der Waals surface area (Å²) in [4.78, 5) is 12.3. The van der Waals surface area contributed by atoms with Gasteiger partial charge in [-0.25, -0.2) is 0 Å². The average molecular weight is 226 g/mol. The highest BCUT2D eigenvalue weighted by Gasteiger charge is 2.51. The lowest BCUT2D eigenvalue weighted by molar-refractivity contribution is -0.127. The van der Waals surface area contributed by atoms with Crippen molar-refractivity contribution in [1.82, 2.24) is 0 Å². The van der Waals surface area contributed by atoms with Gasteiger partial charge in [-0.3, -0.25) is 4.79 Å². The molecular weight excluding hydrogens is 204 g/mol. The first-order valence-corrected chi connectivity index (χ1v) is 5.94. The molecule has 3 unspecified atom stereocenters. The minimum Gasteiger partial charge on any atom is -0.498 e. The van der Waals surface area contributed by atoms with Gasteiger partial charge in [0, 0.05) is 5.57 Å². The Balaban J connectivity index is 3.22. The number of hydrogen-bond donors (Lipinski definition) is 1. The summed E-state index contributed by atoms with van der Waals surface area (Å²) in [5.41, 5.74) is -0.0220. The molecule has 1 aliphatic rings. The lowest BCUT2D eigenvalue weighted by Gasteiger charge is -2.25. The molecule has 3 nitrogen and oxygen atoms in total. The molecular formula is C13H22O3. The molecule has 0 radical (unpaired) electrons. The molecule has 1 N–H and O–H groups in total. The van der Waals surface area contributed by atoms with E-state index in [9.17, 15) is 9.90 Å². The second-order valence-corrected chi connectivity index (χ2v) is 4.79. The third-order valence-electron chi connectivity index (χ3n) is 3.94. The zero-order chi connectivity index (χ0) is 12.5. The molecule has 0 aliphatic heterocycles. The Hall–Kier alpha value is -0.830. The normalized spacial score (nSPS) is 32.1. The van der Waals surface area contributed by atoms with Crippen molar-refractivity contribution >= 4 is 5.78 Å². The molecule has 3 heteroatoms. The van der Waals surface area contributed by atoms with Gasteiger partial charge in [0.15, 0.2) is 5.78 Å². The van der Waals surface area contributed by atoms with Gasteiger partial charge in [0.25, 0.3) is 0 Å². The molecule has 16 heavy (non-hydrogen) atoms. The number of allylic oxidation sites excluding steroid dienone is 1. The van der Waals surface area contributed by atoms with Gasteiger partial charge in [-0.05, 0) is 25.7 Å². The number of methoxy groups -OCH3 is 1. The highest BCUT2D eigenvalue weighted by Crippen LogP contribution is 2.44. The van der Waals surface area contributed by atoms with Crippen molar-refractivity contribution in [2.75, 3.05) is 7.11 Å². The van der Waals surface area contributed by atoms with E-state index in [2.05, 4.69) is 0 Å². The first kappa shape index (κ1) is 13.2. The Morgan fingerprint density at radius 2 is 2.06 bits per heavy atom. The van der Waals surface area contributed by atoms with Gasteiger partial charge >= 0.3 is 0 Å². The quantitative estimate of drug-likeness (QED) is 0.800. The van der Waals surface area contributed by atoms with Crippen LogP contribution in [0.5, 0.6) is 0 Å². The van der Waals surface area contributed by atoms with Gasteiger partial charge in [0.05, 0.1) is 12.5 Å². The molecule has 0 saturated heterocycles. The molecule has 0 heterocycles. The molecule has 0 saturated carbocycles. The van der Waals surface area contributed by atoms with E-state index in [0.29, 0.717) is 17.8 Å². The van der Waals surface area contributed by atoms with Crippen molar-refractivity contribution in [3.8, 4) is 0 Å². The van der Waals surface area contributed by atoms with E-state index >= 15 is 0 Å². The smallest absolute Gasteiger partial charge is 0.171 e. The van der Waals surface area contributed by atoms with Crippen LogP contribution in [-0.2, 0) is 9.53 Å². The van der Waals surface area contributed by atoms with Gasteiger partial charge in [-0.2, -0.15) is 0 Å². The van der Waals surface area contributed by atoms with Crippen LogP contribution >= 0.6 is 0 Å². The zero-order valence-corrected chi connectivity index (χ0v) is 10.8. The van der Waals surface area contributed by atoms with Crippen molar-refractivity contribution in [3.63, 3.8) is 0 Å². The van der Waals surface area contributed by atoms with E-state index in [1.807, 2.05) is 27.7 Å². The fraction of sp³-hybridized carbons (Fsp3) is 0.769. The van der Waals surface area contributed by atoms with Crippen molar-refractivity contribution in [2.45, 2.75) is 46.6 Å². The van der Waals surface area contributed by atoms with Crippen LogP contribution < -0.4 is 0 Å². The van der Waals surface area contributed by atoms with E-state index in [0.717, 1.165) is 6.42 Å². The predicted octanol–water partition coefficient (Wildman–Crippen LogP) is 2.29. The second-order valence-electron chi connectivity index (χ2n) is 4.79. The number of carbonyl (C=O) groups excluding carboxylic acids is 1. The topological polar surface area (TPSA) is 46.5 Å². The summed E-state index contributed by atoms with van der Waals surface area (Å²) in [7, 11) is 1.52. The summed E-state index contributed by atoms with van der Waals surface area (Å²) >= 11 is 0. The standard InChI is InChI=1S/C13H22O3/c1-6-8(3)9-10(16-5)12(15)13(4,7-2)11(9)14/h8,12,15H,6-7H2,1-5H3. The number of rotatable bonds is 4. The molecule has 1 aliphatic carbocycles. The van der Waals surface area contributed by atoms with Crippen LogP contribution in [0.1, 0.15) is 40.5 Å². The second kappa shape index (κ2) is 4.58. The maximum Gasteiger partial charge on any atom is 0.171 e. The number of ether oxygens (including phenoxy) is 1. The lowest BCUT2D eigenvalue weighted by atomic mass is 9.79. The van der Waals surface area contributed by atoms with Crippen molar-refractivity contribution in [2.24, 2.45) is 11.3 Å². The SMILES string of the molecule is CCC(C)C1=C(OC)C(O)C(C)(CC)C1=O. The fourth-order valence-corrected chi connectivity index (χ4v) is 2.23. The van der Waals surface area contributed by atoms with Crippen molar-refractivity contribution in [3.05, 3.63) is 11.3 Å². The van der Waals surface area contributed by atoms with Crippen molar-refractivity contribution < 1.29 is 14.6 Å². The highest BCUT2D eigenvalue weighted by molar-refractivity contribution is 6.04. The number of Topliss-reactive ketones (excluding diaryl/α,β-unsaturated/α-hetero) is 1. The fourth-order valence-electron chi connectivity index (χ4n) is 2.23. The summed E-state index contributed by atoms with van der Waals surface area (Å²) in [5.74, 6) is 0.669. The highest BCUT2D eigenvalue weighted by atomic mass is 16.5. The minimum atomic E-state index is -0.793. The molecule has 0 amide bonds. The predicted molar refractivity (Wildman–Crippen MR) is 62.9 cm³/mol. The molecule has 92 valence electrons. The van der Waals surface area contributed by atoms with E-state index in [1.165, 1.54) is 7.11 Å². The van der Waals surface area contributed by atoms with Crippen LogP contribution in [0.15, 0.2) is 11.3 Å². The summed E-state index contributed by atoms with van der Waals surface area (Å²) in [5, 5.41) is 10.2. The third-order valence-corrected chi connectivity index (χ3v) is 3.94. The van der Waals surface area contributed by atoms with E-state index in [4.69, 9.17) is 4.74 Å². The molecule has 0 aromatic rings. The molecule has 0 fully saturated rings. The molecule has 0 aromatic carbocycles. The Morgan fingerprint density at radius 1 is 1.50 bits per heavy atom. The van der Waals surface area contributed by atoms with Gasteiger partial charge in [-0.15, -0.1) is 0 Å². The minimum absolute atomic E-state index is 0.0497. The van der Waals surface area contributed by atoms with E-state index < -0.39 is 11.5 Å². The molecule has 0 aromatic heterocycles. The number of ketones is 1. The van der Waals surface area contributed by atoms with Crippen LogP contribution in [0.3, 0.4) is 0 Å². The Labute approximate surface area is 97.5 Å². The van der Waals surface area contributed by atoms with Crippen LogP contribution in [0.4, 0.5) is 0 Å². The van der Waals surface area contributed by atoms with Crippen LogP contribution in [0.2, 0.25) is 0 Å². The number of hydrogen-bond acceptors (Lipinski definition) is 3. The largest absolute Gasteiger partial charge is 0.498 e. The molecule has 0 spiro atoms. The van der Waals surface area contributed by atoms with Gasteiger partial charge in [0.2, 0.25) is 0 Å². The first-order chi connectivity index (χ1) is 7.43. The molecule has 3 atom stereocenters. The molecule has 1 rings (SSSR count). The van der Waals surface area contributed by atoms with E-state index in [1.54, 1.807) is 0 Å². The Morgan fingerprint density at radius 3 is 2.44 bits per heavy atom. The van der Waals surface area contributed by atoms with Gasteiger partial charge in [0.1, 0.15) is 11.9 Å². The van der Waals surface area contributed by atoms with Crippen LogP contribution in [-0.4, -0.2) is 24.1 Å². The Bertz CT molecular complexity index is 319. The van der Waals surface area contributed by atoms with E-state index in [-0.39, 0.29) is 11.7 Å². The maximum atomic E-state index is 12.3. The third kappa shape index (κ3) is 1.67. The van der Waals surface area contributed by atoms with Gasteiger partial charge < -0.3 is 9.84 Å². The van der Waals surface area contributed by atoms with Crippen LogP contribution in [0.25, 0.3) is 0 Å². The summed E-state index contributed by atoms with van der Waals surface area (Å²) in [6.07, 6.45) is 0.708. The van der Waals surface area contributed by atoms with Gasteiger partial charge in [-0.1, -0.05) is 20.8 Å². The molecule has 0 bridgehead atoms. The first-order valence-electron chi connectivity index (χ1n) is 5.94. The van der Waals surface area contributed by atoms with Crippen molar-refractivity contribution in [1.29, 1.82) is 0 Å². The van der Waals surface area contributed by atoms with Crippen LogP contribution in [0, 0.1) is 11.3 Å². The summed E-state index contributed by atoms with van der Waals surface area (Å²) in [6, 6.07) is 0. The maximum absolute atomic E-state index is 12.3. The Kier molecular flexibility index (Phi) is 3.79. The number of carbonyl (C=O) groups is 1. The monoisotopic (exact) mass is 226 g/mol. The summed E-state index contributed by atoms with van der Waals surface area (Å²) in [6.45, 7) is 7.77. The zero-order valence-electron chi connectivity index (χ0n) is 10.8. The average Bonchev–Trinajstić information content (AvgIpc) is 2.49. The lowest BCUT2D eigenvalue weighted by Crippen LogP contribution is -2.35. The number of aliphatic hydroxyl groups excluding tert-OH is 1. The summed E-state index contributed by atoms with van der Waals surface area (Å²) < 4.78 is 5.24. The number of aliphatic hydroxyl groups is 1.